The van der Waals surface area contributed by atoms with E-state index in [4.69, 9.17) is 21.1 Å². The molecule has 0 saturated carbocycles. The molecule has 0 radical (unpaired) electrons. The number of thiol groups is 1. The van der Waals surface area contributed by atoms with Crippen molar-refractivity contribution in [2.75, 3.05) is 25.9 Å². The summed E-state index contributed by atoms with van der Waals surface area (Å²) in [6.45, 7) is 4.04. The summed E-state index contributed by atoms with van der Waals surface area (Å²) >= 11 is 11.0. The molecule has 136 valence electrons. The van der Waals surface area contributed by atoms with Crippen LogP contribution in [0.3, 0.4) is 0 Å². The van der Waals surface area contributed by atoms with Crippen molar-refractivity contribution in [3.05, 3.63) is 48.5 Å². The molecule has 1 N–H and O–H groups in total. The first-order chi connectivity index (χ1) is 11.1. The SMILES string of the molecule is CCCl.CCSc1ccc(OC)cc1.COc1ccc(S)cc1.[Na+].[OH-]. The van der Waals surface area contributed by atoms with Crippen molar-refractivity contribution >= 4 is 36.0 Å². The Morgan fingerprint density at radius 1 is 0.880 bits per heavy atom. The van der Waals surface area contributed by atoms with Gasteiger partial charge in [0.25, 0.3) is 0 Å². The van der Waals surface area contributed by atoms with Crippen LogP contribution in [0.2, 0.25) is 0 Å². The smallest absolute Gasteiger partial charge is 0.870 e. The maximum atomic E-state index is 5.04. The Labute approximate surface area is 188 Å². The average Bonchev–Trinajstić information content (AvgIpc) is 2.58. The topological polar surface area (TPSA) is 48.5 Å². The Morgan fingerprint density at radius 2 is 1.24 bits per heavy atom. The van der Waals surface area contributed by atoms with Gasteiger partial charge in [-0.05, 0) is 54.3 Å². The first-order valence-corrected chi connectivity index (χ1v) is 9.23. The number of hydrogen-bond acceptors (Lipinski definition) is 5. The predicted octanol–water partition coefficient (Wildman–Crippen LogP) is 2.86. The Morgan fingerprint density at radius 3 is 1.56 bits per heavy atom. The van der Waals surface area contributed by atoms with Gasteiger partial charge in [0.05, 0.1) is 14.2 Å². The monoisotopic (exact) mass is 412 g/mol. The van der Waals surface area contributed by atoms with E-state index in [0.717, 1.165) is 28.0 Å². The van der Waals surface area contributed by atoms with E-state index in [1.165, 1.54) is 4.90 Å². The summed E-state index contributed by atoms with van der Waals surface area (Å²) in [4.78, 5) is 2.25. The van der Waals surface area contributed by atoms with Crippen LogP contribution in [-0.2, 0) is 0 Å². The molecule has 0 aliphatic heterocycles. The fraction of sp³-hybridized carbons (Fsp3) is 0.333. The maximum absolute atomic E-state index is 5.04. The van der Waals surface area contributed by atoms with Gasteiger partial charge in [-0.1, -0.05) is 13.8 Å². The van der Waals surface area contributed by atoms with Gasteiger partial charge in [-0.15, -0.1) is 36.0 Å². The number of rotatable bonds is 4. The number of benzene rings is 2. The molecule has 0 aromatic heterocycles. The molecule has 0 saturated heterocycles. The van der Waals surface area contributed by atoms with Gasteiger partial charge in [0.2, 0.25) is 0 Å². The normalized spacial score (nSPS) is 8.24. The van der Waals surface area contributed by atoms with E-state index in [9.17, 15) is 0 Å². The first kappa shape index (κ1) is 29.7. The summed E-state index contributed by atoms with van der Waals surface area (Å²) in [6, 6.07) is 15.7. The van der Waals surface area contributed by atoms with Crippen LogP contribution in [0.5, 0.6) is 11.5 Å². The minimum atomic E-state index is 0. The Balaban J connectivity index is -0.000000317. The third kappa shape index (κ3) is 15.9. The van der Waals surface area contributed by atoms with Crippen LogP contribution in [0.25, 0.3) is 0 Å². The molecule has 0 aliphatic carbocycles. The van der Waals surface area contributed by atoms with Crippen molar-refractivity contribution in [3.8, 4) is 11.5 Å². The molecule has 25 heavy (non-hydrogen) atoms. The second kappa shape index (κ2) is 20.3. The predicted molar refractivity (Wildman–Crippen MR) is 108 cm³/mol. The molecular formula is C18H26ClNaO3S2. The molecule has 0 fully saturated rings. The summed E-state index contributed by atoms with van der Waals surface area (Å²) in [5.41, 5.74) is 0. The Kier molecular flexibility index (Phi) is 24.2. The van der Waals surface area contributed by atoms with E-state index >= 15 is 0 Å². The van der Waals surface area contributed by atoms with Gasteiger partial charge in [0.1, 0.15) is 11.5 Å². The zero-order valence-corrected chi connectivity index (χ0v) is 20.0. The van der Waals surface area contributed by atoms with Crippen LogP contribution in [0.15, 0.2) is 58.3 Å². The van der Waals surface area contributed by atoms with Gasteiger partial charge in [-0.3, -0.25) is 0 Å². The van der Waals surface area contributed by atoms with Crippen LogP contribution in [-0.4, -0.2) is 31.3 Å². The van der Waals surface area contributed by atoms with Crippen LogP contribution in [0.1, 0.15) is 13.8 Å². The van der Waals surface area contributed by atoms with E-state index in [1.807, 2.05) is 55.1 Å². The fourth-order valence-electron chi connectivity index (χ4n) is 1.42. The van der Waals surface area contributed by atoms with E-state index in [-0.39, 0.29) is 35.0 Å². The van der Waals surface area contributed by atoms with Crippen molar-refractivity contribution in [3.63, 3.8) is 0 Å². The van der Waals surface area contributed by atoms with Crippen molar-refractivity contribution < 1.29 is 44.5 Å². The quantitative estimate of drug-likeness (QED) is 0.363. The van der Waals surface area contributed by atoms with E-state index in [2.05, 4.69) is 31.7 Å². The number of alkyl halides is 1. The summed E-state index contributed by atoms with van der Waals surface area (Å²) in [7, 11) is 3.33. The minimum Gasteiger partial charge on any atom is -0.870 e. The second-order valence-corrected chi connectivity index (χ2v) is 6.46. The molecule has 0 bridgehead atoms. The molecule has 2 aromatic carbocycles. The zero-order chi connectivity index (χ0) is 17.5. The number of ether oxygens (including phenoxy) is 2. The molecule has 0 atom stereocenters. The van der Waals surface area contributed by atoms with Crippen LogP contribution in [0, 0.1) is 0 Å². The van der Waals surface area contributed by atoms with Crippen molar-refractivity contribution in [1.82, 2.24) is 0 Å². The van der Waals surface area contributed by atoms with Gasteiger partial charge < -0.3 is 14.9 Å². The standard InChI is InChI=1S/C9H12OS.C7H8OS.C2H5Cl.Na.H2O/c1-3-11-9-6-4-8(10-2)5-7-9;1-8-6-2-4-7(9)5-3-6;1-2-3;;/h4-7H,3H2,1-2H3;2-5,9H,1H3;2H2,1H3;;1H2/q;;;+1;/p-1. The van der Waals surface area contributed by atoms with E-state index < -0.39 is 0 Å². The van der Waals surface area contributed by atoms with Crippen molar-refractivity contribution in [1.29, 1.82) is 0 Å². The fourth-order valence-corrected chi connectivity index (χ4v) is 2.23. The second-order valence-electron chi connectivity index (χ2n) is 4.07. The van der Waals surface area contributed by atoms with Crippen LogP contribution >= 0.6 is 36.0 Å². The zero-order valence-electron chi connectivity index (χ0n) is 15.5. The largest absolute Gasteiger partial charge is 1.00 e. The van der Waals surface area contributed by atoms with E-state index in [1.54, 1.807) is 14.2 Å². The maximum Gasteiger partial charge on any atom is 1.00 e. The van der Waals surface area contributed by atoms with Crippen molar-refractivity contribution in [2.45, 2.75) is 23.6 Å². The summed E-state index contributed by atoms with van der Waals surface area (Å²) in [6.07, 6.45) is 0. The number of hydrogen-bond donors (Lipinski definition) is 1. The molecule has 0 aliphatic rings. The molecule has 3 nitrogen and oxygen atoms in total. The summed E-state index contributed by atoms with van der Waals surface area (Å²) in [5, 5.41) is 0. The molecule has 0 heterocycles. The Hall–Kier alpha value is -0.0100. The third-order valence-corrected chi connectivity index (χ3v) is 3.64. The molecule has 0 unspecified atom stereocenters. The Bertz CT molecular complexity index is 511. The summed E-state index contributed by atoms with van der Waals surface area (Å²) in [5.74, 6) is 3.63. The molecule has 2 aromatic rings. The van der Waals surface area contributed by atoms with Gasteiger partial charge in [-0.2, -0.15) is 0 Å². The van der Waals surface area contributed by atoms with Gasteiger partial charge >= 0.3 is 29.6 Å². The van der Waals surface area contributed by atoms with Crippen LogP contribution in [0.4, 0.5) is 0 Å². The average molecular weight is 413 g/mol. The van der Waals surface area contributed by atoms with Crippen molar-refractivity contribution in [2.24, 2.45) is 0 Å². The molecular weight excluding hydrogens is 387 g/mol. The minimum absolute atomic E-state index is 0. The third-order valence-electron chi connectivity index (χ3n) is 2.44. The van der Waals surface area contributed by atoms with Crippen LogP contribution < -0.4 is 39.0 Å². The summed E-state index contributed by atoms with van der Waals surface area (Å²) < 4.78 is 9.97. The number of methoxy groups -OCH3 is 2. The molecule has 2 rings (SSSR count). The number of thioether (sulfide) groups is 1. The van der Waals surface area contributed by atoms with Gasteiger partial charge in [0, 0.05) is 15.7 Å². The number of halogens is 1. The molecule has 0 spiro atoms. The van der Waals surface area contributed by atoms with Gasteiger partial charge in [0.15, 0.2) is 0 Å². The van der Waals surface area contributed by atoms with Gasteiger partial charge in [-0.25, -0.2) is 0 Å². The molecule has 0 amide bonds. The van der Waals surface area contributed by atoms with E-state index in [0.29, 0.717) is 0 Å². The molecule has 7 heteroatoms. The first-order valence-electron chi connectivity index (χ1n) is 7.27.